The van der Waals surface area contributed by atoms with Gasteiger partial charge >= 0.3 is 150 Å². The van der Waals surface area contributed by atoms with Crippen LogP contribution < -0.4 is 157 Å². The molecule has 33 heavy (non-hydrogen) atoms. The number of hydrogen-bond donors (Lipinski definition) is 0. The first-order valence-corrected chi connectivity index (χ1v) is 9.26. The second-order valence-corrected chi connectivity index (χ2v) is 6.53. The molecule has 9 nitrogen and oxygen atoms in total. The van der Waals surface area contributed by atoms with E-state index in [-0.39, 0.29) is 151 Å². The fourth-order valence-corrected chi connectivity index (χ4v) is 2.64. The molecule has 0 aliphatic heterocycles. The van der Waals surface area contributed by atoms with Crippen molar-refractivity contribution in [3.8, 4) is 11.5 Å². The van der Waals surface area contributed by atoms with Crippen molar-refractivity contribution < 1.29 is 181 Å². The Morgan fingerprint density at radius 1 is 0.758 bits per heavy atom. The van der Waals surface area contributed by atoms with E-state index < -0.39 is 18.1 Å². The summed E-state index contributed by atoms with van der Waals surface area (Å²) in [6.07, 6.45) is -1.98. The molecule has 0 radical (unpaired) electrons. The van der Waals surface area contributed by atoms with Crippen LogP contribution in [0.25, 0.3) is 0 Å². The number of carbonyl (C=O) groups excluding carboxylic acids is 3. The Kier molecular flexibility index (Phi) is 21.9. The van der Waals surface area contributed by atoms with Gasteiger partial charge in [0, 0.05) is 27.6 Å². The van der Waals surface area contributed by atoms with E-state index in [0.29, 0.717) is 28.0 Å². The molecule has 0 atom stereocenters. The Labute approximate surface area is 318 Å². The van der Waals surface area contributed by atoms with E-state index in [4.69, 9.17) is 47.7 Å². The molecular weight excluding hydrogens is 721 g/mol. The number of halogens is 2. The third-order valence-electron chi connectivity index (χ3n) is 3.57. The summed E-state index contributed by atoms with van der Waals surface area (Å²) >= 11 is 12.2. The van der Waals surface area contributed by atoms with Crippen molar-refractivity contribution in [2.45, 2.75) is 6.42 Å². The fourth-order valence-electron chi connectivity index (χ4n) is 2.25. The predicted octanol–water partition coefficient (Wildman–Crippen LogP) is -4.75. The predicted molar refractivity (Wildman–Crippen MR) is 106 cm³/mol. The SMILES string of the molecule is COC(=O)COc1ccc(Cl)cc1Cc1cc(Cl)ccc1OCC(=O)OC.O=C([O-])[O-].[Cs+].[Cs+]. The minimum atomic E-state index is -2.33. The van der Waals surface area contributed by atoms with Crippen molar-refractivity contribution in [2.24, 2.45) is 0 Å². The quantitative estimate of drug-likeness (QED) is 0.245. The number of hydrogen-bond acceptors (Lipinski definition) is 9. The van der Waals surface area contributed by atoms with Gasteiger partial charge in [-0.25, -0.2) is 9.59 Å². The molecule has 0 unspecified atom stereocenters. The van der Waals surface area contributed by atoms with Crippen LogP contribution in [0.4, 0.5) is 4.79 Å². The van der Waals surface area contributed by atoms with Crippen LogP contribution in [0, 0.1) is 0 Å². The Hall–Kier alpha value is 0.934. The van der Waals surface area contributed by atoms with E-state index in [0.717, 1.165) is 11.1 Å². The molecule has 0 saturated carbocycles. The summed E-state index contributed by atoms with van der Waals surface area (Å²) in [5.41, 5.74) is 1.44. The number of carbonyl (C=O) groups is 3. The van der Waals surface area contributed by atoms with Crippen molar-refractivity contribution in [2.75, 3.05) is 27.4 Å². The fraction of sp³-hybridized carbons (Fsp3) is 0.250. The van der Waals surface area contributed by atoms with Gasteiger partial charge in [0.2, 0.25) is 0 Å². The van der Waals surface area contributed by atoms with Gasteiger partial charge in [0.25, 0.3) is 0 Å². The van der Waals surface area contributed by atoms with Gasteiger partial charge in [-0.15, -0.1) is 0 Å². The van der Waals surface area contributed by atoms with Crippen molar-refractivity contribution in [3.05, 3.63) is 57.6 Å². The Bertz CT molecular complexity index is 855. The number of benzene rings is 2. The second-order valence-electron chi connectivity index (χ2n) is 5.66. The Morgan fingerprint density at radius 3 is 1.39 bits per heavy atom. The first-order valence-electron chi connectivity index (χ1n) is 8.50. The molecule has 2 rings (SSSR count). The molecule has 0 bridgehead atoms. The third-order valence-corrected chi connectivity index (χ3v) is 4.04. The molecule has 0 fully saturated rings. The van der Waals surface area contributed by atoms with Crippen LogP contribution in [0.1, 0.15) is 11.1 Å². The molecule has 2 aromatic carbocycles. The molecule has 13 heteroatoms. The molecule has 0 aliphatic carbocycles. The van der Waals surface area contributed by atoms with E-state index in [1.165, 1.54) is 14.2 Å². The van der Waals surface area contributed by atoms with Gasteiger partial charge < -0.3 is 34.0 Å². The first kappa shape index (κ1) is 36.1. The van der Waals surface area contributed by atoms with Crippen molar-refractivity contribution in [3.63, 3.8) is 0 Å². The minimum absolute atomic E-state index is 0. The molecule has 168 valence electrons. The average molecular weight is 739 g/mol. The summed E-state index contributed by atoms with van der Waals surface area (Å²) in [5.74, 6) is -0.0473. The standard InChI is InChI=1S/C19H18Cl2O6.CH2O3.2Cs/c1-24-18(22)10-26-16-5-3-14(20)8-12(16)7-13-9-15(21)4-6-17(13)27-11-19(23)25-2;2-1(3)4;;/h3-6,8-9H,7,10-11H2,1-2H3;(H2,2,3,4);;/q;;2*+1/p-2. The van der Waals surface area contributed by atoms with Crippen LogP contribution in [0.2, 0.25) is 10.0 Å². The van der Waals surface area contributed by atoms with Gasteiger partial charge in [0.15, 0.2) is 13.2 Å². The Morgan fingerprint density at radius 2 is 1.09 bits per heavy atom. The topological polar surface area (TPSA) is 134 Å². The zero-order valence-corrected chi connectivity index (χ0v) is 32.6. The number of rotatable bonds is 8. The van der Waals surface area contributed by atoms with Crippen molar-refractivity contribution in [1.82, 2.24) is 0 Å². The van der Waals surface area contributed by atoms with E-state index in [9.17, 15) is 9.59 Å². The summed E-state index contributed by atoms with van der Waals surface area (Å²) in [4.78, 5) is 31.0. The zero-order valence-electron chi connectivity index (χ0n) is 18.5. The molecule has 0 amide bonds. The maximum atomic E-state index is 11.3. The molecular formula is C20H18Cl2Cs2O9. The van der Waals surface area contributed by atoms with E-state index in [2.05, 4.69) is 9.47 Å². The smallest absolute Gasteiger partial charge is 0.652 e. The largest absolute Gasteiger partial charge is 1.00 e. The van der Waals surface area contributed by atoms with Gasteiger partial charge in [0.05, 0.1) is 14.2 Å². The maximum absolute atomic E-state index is 11.3. The second kappa shape index (κ2) is 20.0. The monoisotopic (exact) mass is 738 g/mol. The van der Waals surface area contributed by atoms with Gasteiger partial charge in [0.1, 0.15) is 11.5 Å². The molecule has 0 spiro atoms. The number of methoxy groups -OCH3 is 2. The van der Waals surface area contributed by atoms with Crippen molar-refractivity contribution >= 4 is 41.3 Å². The van der Waals surface area contributed by atoms with Gasteiger partial charge in [-0.05, 0) is 42.6 Å². The summed E-state index contributed by atoms with van der Waals surface area (Å²) in [7, 11) is 2.57. The van der Waals surface area contributed by atoms with Crippen LogP contribution in [0.15, 0.2) is 36.4 Å². The zero-order chi connectivity index (χ0) is 23.4. The number of esters is 2. The summed E-state index contributed by atoms with van der Waals surface area (Å²) in [5, 5.41) is 17.7. The van der Waals surface area contributed by atoms with Gasteiger partial charge in [-0.3, -0.25) is 0 Å². The molecule has 0 heterocycles. The number of ether oxygens (including phenoxy) is 4. The Balaban J connectivity index is 0. The molecule has 0 aromatic heterocycles. The van der Waals surface area contributed by atoms with E-state index >= 15 is 0 Å². The van der Waals surface area contributed by atoms with Crippen molar-refractivity contribution in [1.29, 1.82) is 0 Å². The molecule has 0 N–H and O–H groups in total. The first-order chi connectivity index (χ1) is 14.7. The van der Waals surface area contributed by atoms with Gasteiger partial charge in [-0.2, -0.15) is 0 Å². The molecule has 0 aliphatic rings. The molecule has 0 saturated heterocycles. The van der Waals surface area contributed by atoms with Crippen LogP contribution in [0.3, 0.4) is 0 Å². The molecule has 2 aromatic rings. The van der Waals surface area contributed by atoms with E-state index in [1.54, 1.807) is 36.4 Å². The van der Waals surface area contributed by atoms with Crippen LogP contribution in [-0.2, 0) is 25.5 Å². The van der Waals surface area contributed by atoms with E-state index in [1.807, 2.05) is 0 Å². The average Bonchev–Trinajstić information content (AvgIpc) is 2.71. The van der Waals surface area contributed by atoms with Crippen LogP contribution in [-0.4, -0.2) is 45.5 Å². The summed E-state index contributed by atoms with van der Waals surface area (Å²) in [6, 6.07) is 10.1. The third kappa shape index (κ3) is 15.6. The van der Waals surface area contributed by atoms with Crippen LogP contribution in [0.5, 0.6) is 11.5 Å². The number of carboxylic acid groups (broad SMARTS) is 2. The van der Waals surface area contributed by atoms with Gasteiger partial charge in [-0.1, -0.05) is 23.2 Å². The normalized spacial score (nSPS) is 9.09. The minimum Gasteiger partial charge on any atom is -0.652 e. The summed E-state index contributed by atoms with van der Waals surface area (Å²) < 4.78 is 20.2. The van der Waals surface area contributed by atoms with Crippen LogP contribution >= 0.6 is 23.2 Å². The maximum Gasteiger partial charge on any atom is 1.00 e. The summed E-state index contributed by atoms with van der Waals surface area (Å²) in [6.45, 7) is -0.460.